The van der Waals surface area contributed by atoms with Gasteiger partial charge in [0.25, 0.3) is 0 Å². The van der Waals surface area contributed by atoms with E-state index in [4.69, 9.17) is 0 Å². The van der Waals surface area contributed by atoms with E-state index in [1.165, 1.54) is 69.9 Å². The molecule has 0 bridgehead atoms. The number of halogens is 1. The van der Waals surface area contributed by atoms with Crippen LogP contribution in [0.4, 0.5) is 0 Å². The molecule has 0 fully saturated rings. The Balaban J connectivity index is 3.50. The zero-order valence-corrected chi connectivity index (χ0v) is 15.2. The molecular formula is C16H35BrN2. The van der Waals surface area contributed by atoms with Crippen molar-refractivity contribution in [1.82, 2.24) is 9.80 Å². The van der Waals surface area contributed by atoms with Gasteiger partial charge in [0.05, 0.1) is 0 Å². The fourth-order valence-electron chi connectivity index (χ4n) is 2.63. The highest BCUT2D eigenvalue weighted by atomic mass is 79.9. The van der Waals surface area contributed by atoms with Gasteiger partial charge in [-0.05, 0) is 47.0 Å². The molecule has 0 radical (unpaired) electrons. The zero-order chi connectivity index (χ0) is 14.5. The molecule has 0 aromatic carbocycles. The van der Waals surface area contributed by atoms with Crippen LogP contribution in [0.25, 0.3) is 0 Å². The second kappa shape index (κ2) is 13.4. The third-order valence-corrected chi connectivity index (χ3v) is 4.30. The predicted molar refractivity (Wildman–Crippen MR) is 91.4 cm³/mol. The van der Waals surface area contributed by atoms with Gasteiger partial charge in [-0.15, -0.1) is 0 Å². The first-order valence-corrected chi connectivity index (χ1v) is 9.18. The third kappa shape index (κ3) is 11.9. The maximum Gasteiger partial charge on any atom is 0.0194 e. The van der Waals surface area contributed by atoms with Gasteiger partial charge in [-0.25, -0.2) is 0 Å². The van der Waals surface area contributed by atoms with Gasteiger partial charge >= 0.3 is 0 Å². The molecule has 1 atom stereocenters. The Kier molecular flexibility index (Phi) is 13.7. The van der Waals surface area contributed by atoms with Gasteiger partial charge in [0.2, 0.25) is 0 Å². The molecule has 3 heteroatoms. The van der Waals surface area contributed by atoms with E-state index in [0.29, 0.717) is 6.04 Å². The first-order chi connectivity index (χ1) is 9.11. The van der Waals surface area contributed by atoms with Crippen molar-refractivity contribution in [2.45, 2.75) is 64.8 Å². The van der Waals surface area contributed by atoms with E-state index in [0.717, 1.165) is 0 Å². The van der Waals surface area contributed by atoms with Gasteiger partial charge in [0, 0.05) is 17.9 Å². The van der Waals surface area contributed by atoms with Gasteiger partial charge in [-0.2, -0.15) is 0 Å². The lowest BCUT2D eigenvalue weighted by molar-refractivity contribution is 0.178. The van der Waals surface area contributed by atoms with Crippen molar-refractivity contribution in [3.63, 3.8) is 0 Å². The summed E-state index contributed by atoms with van der Waals surface area (Å²) in [6.45, 7) is 8.25. The Morgan fingerprint density at radius 1 is 0.895 bits per heavy atom. The quantitative estimate of drug-likeness (QED) is 0.364. The van der Waals surface area contributed by atoms with Crippen molar-refractivity contribution >= 4 is 15.9 Å². The molecule has 0 saturated carbocycles. The minimum Gasteiger partial charge on any atom is -0.308 e. The Bertz CT molecular complexity index is 186. The molecular weight excluding hydrogens is 300 g/mol. The molecule has 0 spiro atoms. The smallest absolute Gasteiger partial charge is 0.0194 e. The van der Waals surface area contributed by atoms with E-state index in [1.54, 1.807) is 0 Å². The van der Waals surface area contributed by atoms with Crippen molar-refractivity contribution in [2.24, 2.45) is 0 Å². The van der Waals surface area contributed by atoms with Crippen molar-refractivity contribution in [3.8, 4) is 0 Å². The molecule has 0 aliphatic carbocycles. The molecule has 0 heterocycles. The van der Waals surface area contributed by atoms with Crippen LogP contribution in [0.2, 0.25) is 0 Å². The van der Waals surface area contributed by atoms with Gasteiger partial charge in [-0.3, -0.25) is 4.90 Å². The molecule has 1 unspecified atom stereocenters. The van der Waals surface area contributed by atoms with Crippen LogP contribution in [-0.4, -0.2) is 54.9 Å². The number of nitrogens with zero attached hydrogens (tertiary/aromatic N) is 2. The molecule has 0 aliphatic rings. The second-order valence-corrected chi connectivity index (χ2v) is 6.70. The highest BCUT2D eigenvalue weighted by Crippen LogP contribution is 2.09. The van der Waals surface area contributed by atoms with Crippen LogP contribution in [0.5, 0.6) is 0 Å². The van der Waals surface area contributed by atoms with Crippen LogP contribution >= 0.6 is 15.9 Å². The maximum absolute atomic E-state index is 3.49. The van der Waals surface area contributed by atoms with Crippen LogP contribution < -0.4 is 0 Å². The molecule has 0 aromatic heterocycles. The topological polar surface area (TPSA) is 6.48 Å². The summed E-state index contributed by atoms with van der Waals surface area (Å²) in [6, 6.07) is 0.680. The predicted octanol–water partition coefficient (Wildman–Crippen LogP) is 4.38. The van der Waals surface area contributed by atoms with E-state index in [2.05, 4.69) is 53.7 Å². The minimum absolute atomic E-state index is 0.680. The normalized spacial score (nSPS) is 13.4. The summed E-state index contributed by atoms with van der Waals surface area (Å²) in [5, 5.41) is 1.17. The summed E-state index contributed by atoms with van der Waals surface area (Å²) >= 11 is 3.49. The van der Waals surface area contributed by atoms with Crippen molar-refractivity contribution < 1.29 is 0 Å². The fraction of sp³-hybridized carbons (Fsp3) is 1.00. The van der Waals surface area contributed by atoms with Crippen molar-refractivity contribution in [3.05, 3.63) is 0 Å². The Morgan fingerprint density at radius 3 is 1.89 bits per heavy atom. The lowest BCUT2D eigenvalue weighted by atomic mass is 10.1. The number of hydrogen-bond acceptors (Lipinski definition) is 2. The van der Waals surface area contributed by atoms with Gasteiger partial charge in [0.1, 0.15) is 0 Å². The lowest BCUT2D eigenvalue weighted by Crippen LogP contribution is -2.40. The number of likely N-dealkylation sites (N-methyl/N-ethyl adjacent to an activating group) is 2. The molecule has 0 N–H and O–H groups in total. The summed E-state index contributed by atoms with van der Waals surface area (Å²) in [4.78, 5) is 4.90. The summed E-state index contributed by atoms with van der Waals surface area (Å²) in [5.41, 5.74) is 0. The molecule has 0 saturated heterocycles. The molecule has 0 aliphatic heterocycles. The van der Waals surface area contributed by atoms with Gasteiger partial charge in [-0.1, -0.05) is 55.0 Å². The standard InChI is InChI=1S/C16H35BrN2/c1-5-19(16(2)15-18(3)4)14-12-10-8-6-7-9-11-13-17/h16H,5-15H2,1-4H3. The molecule has 19 heavy (non-hydrogen) atoms. The van der Waals surface area contributed by atoms with Crippen LogP contribution in [-0.2, 0) is 0 Å². The number of hydrogen-bond donors (Lipinski definition) is 0. The number of rotatable bonds is 13. The van der Waals surface area contributed by atoms with Crippen molar-refractivity contribution in [2.75, 3.05) is 39.1 Å². The summed E-state index contributed by atoms with van der Waals surface area (Å²) < 4.78 is 0. The maximum atomic E-state index is 3.49. The minimum atomic E-state index is 0.680. The Hall–Kier alpha value is 0.400. The van der Waals surface area contributed by atoms with Crippen LogP contribution in [0.15, 0.2) is 0 Å². The Labute approximate surface area is 130 Å². The average Bonchev–Trinajstić information content (AvgIpc) is 2.36. The van der Waals surface area contributed by atoms with E-state index in [9.17, 15) is 0 Å². The van der Waals surface area contributed by atoms with Crippen LogP contribution in [0.1, 0.15) is 58.8 Å². The van der Waals surface area contributed by atoms with Crippen LogP contribution in [0.3, 0.4) is 0 Å². The zero-order valence-electron chi connectivity index (χ0n) is 13.6. The largest absolute Gasteiger partial charge is 0.308 e. The first kappa shape index (κ1) is 19.4. The van der Waals surface area contributed by atoms with E-state index in [1.807, 2.05) is 0 Å². The van der Waals surface area contributed by atoms with Crippen molar-refractivity contribution in [1.29, 1.82) is 0 Å². The Morgan fingerprint density at radius 2 is 1.42 bits per heavy atom. The van der Waals surface area contributed by atoms with Crippen LogP contribution in [0, 0.1) is 0 Å². The summed E-state index contributed by atoms with van der Waals surface area (Å²) in [6.07, 6.45) is 9.76. The van der Waals surface area contributed by atoms with Gasteiger partial charge < -0.3 is 4.90 Å². The third-order valence-electron chi connectivity index (χ3n) is 3.74. The lowest BCUT2D eigenvalue weighted by Gasteiger charge is -2.29. The fourth-order valence-corrected chi connectivity index (χ4v) is 3.02. The van der Waals surface area contributed by atoms with E-state index >= 15 is 0 Å². The molecule has 116 valence electrons. The highest BCUT2D eigenvalue weighted by Gasteiger charge is 2.11. The van der Waals surface area contributed by atoms with Gasteiger partial charge in [0.15, 0.2) is 0 Å². The molecule has 2 nitrogen and oxygen atoms in total. The average molecular weight is 335 g/mol. The first-order valence-electron chi connectivity index (χ1n) is 8.06. The highest BCUT2D eigenvalue weighted by molar-refractivity contribution is 9.09. The number of unbranched alkanes of at least 4 members (excludes halogenated alkanes) is 6. The SMILES string of the molecule is CCN(CCCCCCCCCBr)C(C)CN(C)C. The van der Waals surface area contributed by atoms with E-state index in [-0.39, 0.29) is 0 Å². The monoisotopic (exact) mass is 334 g/mol. The summed E-state index contributed by atoms with van der Waals surface area (Å²) in [5.74, 6) is 0. The molecule has 0 rings (SSSR count). The molecule has 0 amide bonds. The number of alkyl halides is 1. The van der Waals surface area contributed by atoms with E-state index < -0.39 is 0 Å². The molecule has 0 aromatic rings. The second-order valence-electron chi connectivity index (χ2n) is 5.90. The summed E-state index contributed by atoms with van der Waals surface area (Å²) in [7, 11) is 4.33.